The molecule has 0 N–H and O–H groups in total. The van der Waals surface area contributed by atoms with Gasteiger partial charge in [0.05, 0.1) is 0 Å². The number of aryl methyl sites for hydroxylation is 2. The van der Waals surface area contributed by atoms with E-state index < -0.39 is 0 Å². The smallest absolute Gasteiger partial charge is 0.171 e. The summed E-state index contributed by atoms with van der Waals surface area (Å²) in [5, 5.41) is 0. The second-order valence-corrected chi connectivity index (χ2v) is 9.21. The van der Waals surface area contributed by atoms with Gasteiger partial charge in [0, 0.05) is 18.1 Å². The summed E-state index contributed by atoms with van der Waals surface area (Å²) < 4.78 is 2.40. The minimum Gasteiger partial charge on any atom is -0.205 e. The molecule has 0 aliphatic rings. The molecule has 29 heavy (non-hydrogen) atoms. The van der Waals surface area contributed by atoms with E-state index in [1.54, 1.807) is 0 Å². The summed E-state index contributed by atoms with van der Waals surface area (Å²) in [4.78, 5) is 0. The minimum atomic E-state index is 1.19. The van der Waals surface area contributed by atoms with Crippen molar-refractivity contribution in [1.29, 1.82) is 0 Å². The predicted molar refractivity (Wildman–Crippen MR) is 129 cm³/mol. The van der Waals surface area contributed by atoms with Crippen LogP contribution in [0.25, 0.3) is 0 Å². The van der Waals surface area contributed by atoms with Crippen molar-refractivity contribution >= 4 is 0 Å². The lowest BCUT2D eigenvalue weighted by molar-refractivity contribution is -0.697. The normalized spacial score (nSPS) is 11.2. The molecule has 0 radical (unpaired) electrons. The average Bonchev–Trinajstić information content (AvgIpc) is 2.74. The molecule has 1 aromatic rings. The van der Waals surface area contributed by atoms with E-state index in [4.69, 9.17) is 0 Å². The maximum absolute atomic E-state index is 2.40. The Kier molecular flexibility index (Phi) is 18.4. The summed E-state index contributed by atoms with van der Waals surface area (Å²) in [6, 6.07) is 4.55. The lowest BCUT2D eigenvalue weighted by Gasteiger charge is -2.04. The summed E-state index contributed by atoms with van der Waals surface area (Å²) in [6.45, 7) is 5.77. The molecule has 0 fully saturated rings. The molecule has 0 atom stereocenters. The fourth-order valence-electron chi connectivity index (χ4n) is 4.28. The lowest BCUT2D eigenvalue weighted by Crippen LogP contribution is -2.33. The fraction of sp³-hybridized carbons (Fsp3) is 0.821. The Hall–Kier alpha value is -0.850. The van der Waals surface area contributed by atoms with Gasteiger partial charge in [0.1, 0.15) is 6.54 Å². The number of hydrogen-bond acceptors (Lipinski definition) is 0. The van der Waals surface area contributed by atoms with E-state index in [-0.39, 0.29) is 0 Å². The molecular weight excluding hydrogens is 350 g/mol. The van der Waals surface area contributed by atoms with Crippen molar-refractivity contribution in [1.82, 2.24) is 0 Å². The van der Waals surface area contributed by atoms with Gasteiger partial charge >= 0.3 is 0 Å². The zero-order chi connectivity index (χ0) is 20.8. The van der Waals surface area contributed by atoms with Gasteiger partial charge in [-0.1, -0.05) is 117 Å². The van der Waals surface area contributed by atoms with Crippen molar-refractivity contribution in [3.63, 3.8) is 0 Å². The van der Waals surface area contributed by atoms with Crippen LogP contribution in [-0.2, 0) is 13.0 Å². The highest BCUT2D eigenvalue weighted by molar-refractivity contribution is 5.05. The second-order valence-electron chi connectivity index (χ2n) is 9.21. The Morgan fingerprint density at radius 1 is 0.552 bits per heavy atom. The molecule has 0 aromatic carbocycles. The largest absolute Gasteiger partial charge is 0.205 e. The molecule has 0 saturated heterocycles. The molecule has 0 unspecified atom stereocenters. The first-order valence-corrected chi connectivity index (χ1v) is 13.3. The Bertz CT molecular complexity index is 453. The van der Waals surface area contributed by atoms with Crippen molar-refractivity contribution in [2.45, 2.75) is 149 Å². The number of hydrogen-bond donors (Lipinski definition) is 0. The number of aromatic nitrogens is 1. The molecule has 0 bridgehead atoms. The third-order valence-corrected chi connectivity index (χ3v) is 6.26. The van der Waals surface area contributed by atoms with Crippen LogP contribution in [0.2, 0.25) is 0 Å². The predicted octanol–water partition coefficient (Wildman–Crippen LogP) is 8.97. The van der Waals surface area contributed by atoms with E-state index in [2.05, 4.69) is 42.9 Å². The van der Waals surface area contributed by atoms with Crippen LogP contribution in [0.15, 0.2) is 24.5 Å². The average molecular weight is 403 g/mol. The standard InChI is InChI=1S/C28H52N/c1-3-5-7-9-10-11-12-13-14-15-16-17-18-19-20-23-28-24-22-26-29(27-28)25-21-8-6-4-2/h22,24,26-27H,3-21,23,25H2,1-2H3/q+1. The molecule has 0 aliphatic heterocycles. The van der Waals surface area contributed by atoms with Gasteiger partial charge in [-0.25, -0.2) is 4.57 Å². The van der Waals surface area contributed by atoms with E-state index in [0.29, 0.717) is 0 Å². The van der Waals surface area contributed by atoms with Gasteiger partial charge in [0.15, 0.2) is 12.4 Å². The second kappa shape index (κ2) is 20.4. The van der Waals surface area contributed by atoms with Crippen LogP contribution in [0.1, 0.15) is 141 Å². The molecule has 1 nitrogen and oxygen atoms in total. The van der Waals surface area contributed by atoms with Crippen LogP contribution in [-0.4, -0.2) is 0 Å². The summed E-state index contributed by atoms with van der Waals surface area (Å²) in [7, 11) is 0. The fourth-order valence-corrected chi connectivity index (χ4v) is 4.28. The Balaban J connectivity index is 1.88. The van der Waals surface area contributed by atoms with Crippen molar-refractivity contribution in [2.24, 2.45) is 0 Å². The molecule has 0 amide bonds. The van der Waals surface area contributed by atoms with E-state index in [0.717, 1.165) is 0 Å². The van der Waals surface area contributed by atoms with Gasteiger partial charge < -0.3 is 0 Å². The first kappa shape index (κ1) is 26.2. The SMILES string of the molecule is CCCCCCCCCCCCCCCCCc1ccc[n+](CCCCCC)c1. The van der Waals surface area contributed by atoms with Gasteiger partial charge in [0.25, 0.3) is 0 Å². The molecule has 0 aliphatic carbocycles. The first-order chi connectivity index (χ1) is 14.4. The molecule has 1 rings (SSSR count). The van der Waals surface area contributed by atoms with Gasteiger partial charge in [-0.05, 0) is 25.3 Å². The quantitative estimate of drug-likeness (QED) is 0.143. The van der Waals surface area contributed by atoms with Gasteiger partial charge in [0.2, 0.25) is 0 Å². The van der Waals surface area contributed by atoms with Crippen LogP contribution >= 0.6 is 0 Å². The van der Waals surface area contributed by atoms with Crippen molar-refractivity contribution in [2.75, 3.05) is 0 Å². The van der Waals surface area contributed by atoms with Crippen LogP contribution in [0, 0.1) is 0 Å². The third kappa shape index (κ3) is 16.6. The van der Waals surface area contributed by atoms with Gasteiger partial charge in [-0.2, -0.15) is 0 Å². The van der Waals surface area contributed by atoms with Crippen molar-refractivity contribution in [3.05, 3.63) is 30.1 Å². The van der Waals surface area contributed by atoms with Crippen molar-refractivity contribution in [3.8, 4) is 0 Å². The molecule has 0 spiro atoms. The van der Waals surface area contributed by atoms with Crippen LogP contribution in [0.4, 0.5) is 0 Å². The number of rotatable bonds is 21. The van der Waals surface area contributed by atoms with Crippen molar-refractivity contribution < 1.29 is 4.57 Å². The van der Waals surface area contributed by atoms with E-state index in [9.17, 15) is 0 Å². The lowest BCUT2D eigenvalue weighted by atomic mass is 10.0. The summed E-state index contributed by atoms with van der Waals surface area (Å²) >= 11 is 0. The molecular formula is C28H52N+. The zero-order valence-electron chi connectivity index (χ0n) is 20.1. The highest BCUT2D eigenvalue weighted by Crippen LogP contribution is 2.14. The topological polar surface area (TPSA) is 3.88 Å². The maximum atomic E-state index is 2.40. The summed E-state index contributed by atoms with van der Waals surface area (Å²) in [5.41, 5.74) is 1.53. The third-order valence-electron chi connectivity index (χ3n) is 6.26. The number of unbranched alkanes of at least 4 members (excludes halogenated alkanes) is 17. The van der Waals surface area contributed by atoms with Crippen LogP contribution in [0.5, 0.6) is 0 Å². The van der Waals surface area contributed by atoms with Crippen LogP contribution in [0.3, 0.4) is 0 Å². The summed E-state index contributed by atoms with van der Waals surface area (Å²) in [5.74, 6) is 0. The Morgan fingerprint density at radius 2 is 1.00 bits per heavy atom. The Morgan fingerprint density at radius 3 is 1.52 bits per heavy atom. The minimum absolute atomic E-state index is 1.19. The van der Waals surface area contributed by atoms with Gasteiger partial charge in [-0.3, -0.25) is 0 Å². The Labute approximate surface area is 183 Å². The van der Waals surface area contributed by atoms with Crippen LogP contribution < -0.4 is 4.57 Å². The summed E-state index contributed by atoms with van der Waals surface area (Å²) in [6.07, 6.45) is 32.9. The zero-order valence-corrected chi connectivity index (χ0v) is 20.1. The maximum Gasteiger partial charge on any atom is 0.171 e. The first-order valence-electron chi connectivity index (χ1n) is 13.3. The highest BCUT2D eigenvalue weighted by atomic mass is 14.9. The molecule has 1 aromatic heterocycles. The molecule has 1 heteroatoms. The monoisotopic (exact) mass is 402 g/mol. The molecule has 168 valence electrons. The molecule has 1 heterocycles. The van der Waals surface area contributed by atoms with E-state index >= 15 is 0 Å². The number of pyridine rings is 1. The van der Waals surface area contributed by atoms with E-state index in [1.165, 1.54) is 141 Å². The highest BCUT2D eigenvalue weighted by Gasteiger charge is 2.03. The van der Waals surface area contributed by atoms with Gasteiger partial charge in [-0.15, -0.1) is 0 Å². The van der Waals surface area contributed by atoms with E-state index in [1.807, 2.05) is 0 Å². The molecule has 0 saturated carbocycles. The number of nitrogens with zero attached hydrogens (tertiary/aromatic N) is 1.